The second kappa shape index (κ2) is 15.6. The SMILES string of the molecule is C=C(C=CC=C(CO)C1CCC2(C1O)C1C3=C(C=O)CCCC3(C=CC1CCO)CC2(O)CCNC)CCC=C(C)CNCC. The topological polar surface area (TPSA) is 122 Å². The molecule has 7 nitrogen and oxygen atoms in total. The van der Waals surface area contributed by atoms with Crippen LogP contribution in [0.25, 0.3) is 0 Å². The van der Waals surface area contributed by atoms with Gasteiger partial charge < -0.3 is 31.1 Å². The van der Waals surface area contributed by atoms with Gasteiger partial charge in [-0.05, 0) is 120 Å². The summed E-state index contributed by atoms with van der Waals surface area (Å²) in [4.78, 5) is 12.5. The largest absolute Gasteiger partial charge is 0.396 e. The summed E-state index contributed by atoms with van der Waals surface area (Å²) in [5.74, 6) is -0.686. The number of fused-ring (bicyclic) bond motifs is 1. The highest BCUT2D eigenvalue weighted by molar-refractivity contribution is 5.76. The second-order valence-corrected chi connectivity index (χ2v) is 14.1. The highest BCUT2D eigenvalue weighted by atomic mass is 16.3. The summed E-state index contributed by atoms with van der Waals surface area (Å²) < 4.78 is 0. The van der Waals surface area contributed by atoms with E-state index in [1.165, 1.54) is 5.57 Å². The predicted molar refractivity (Wildman–Crippen MR) is 181 cm³/mol. The molecule has 0 aromatic heterocycles. The molecule has 2 fully saturated rings. The lowest BCUT2D eigenvalue weighted by atomic mass is 9.40. The molecule has 0 aromatic carbocycles. The van der Waals surface area contributed by atoms with Gasteiger partial charge in [0.25, 0.3) is 0 Å². The van der Waals surface area contributed by atoms with Gasteiger partial charge in [0.2, 0.25) is 0 Å². The molecular formula is C38H58N2O5. The summed E-state index contributed by atoms with van der Waals surface area (Å²) in [6.45, 7) is 10.7. The quantitative estimate of drug-likeness (QED) is 0.0838. The van der Waals surface area contributed by atoms with Crippen LogP contribution in [0, 0.1) is 28.6 Å². The van der Waals surface area contributed by atoms with E-state index in [-0.39, 0.29) is 31.0 Å². The molecular weight excluding hydrogens is 564 g/mol. The van der Waals surface area contributed by atoms with Crippen molar-refractivity contribution in [1.29, 1.82) is 0 Å². The maximum Gasteiger partial charge on any atom is 0.146 e. The molecule has 2 bridgehead atoms. The average Bonchev–Trinajstić information content (AvgIpc) is 3.37. The summed E-state index contributed by atoms with van der Waals surface area (Å²) in [5, 5.41) is 52.6. The Hall–Kier alpha value is -2.13. The van der Waals surface area contributed by atoms with Crippen molar-refractivity contribution in [1.82, 2.24) is 10.6 Å². The van der Waals surface area contributed by atoms with Crippen molar-refractivity contribution < 1.29 is 25.2 Å². The minimum atomic E-state index is -1.19. The van der Waals surface area contributed by atoms with Gasteiger partial charge in [-0.2, -0.15) is 0 Å². The Morgan fingerprint density at radius 1 is 1.24 bits per heavy atom. The highest BCUT2D eigenvalue weighted by Crippen LogP contribution is 2.72. The number of carbonyl (C=O) groups excluding carboxylic acids is 1. The van der Waals surface area contributed by atoms with Crippen LogP contribution in [-0.2, 0) is 4.79 Å². The number of allylic oxidation sites excluding steroid dienone is 9. The molecule has 0 amide bonds. The first-order valence-electron chi connectivity index (χ1n) is 17.2. The maximum atomic E-state index is 12.9. The first-order chi connectivity index (χ1) is 21.7. The van der Waals surface area contributed by atoms with Crippen LogP contribution in [0.1, 0.15) is 78.1 Å². The van der Waals surface area contributed by atoms with Gasteiger partial charge in [0, 0.05) is 29.9 Å². The van der Waals surface area contributed by atoms with Crippen molar-refractivity contribution in [3.8, 4) is 0 Å². The van der Waals surface area contributed by atoms with Crippen LogP contribution in [0.2, 0.25) is 0 Å². The molecule has 0 saturated heterocycles. The summed E-state index contributed by atoms with van der Waals surface area (Å²) in [6.07, 6.45) is 19.4. The molecule has 0 heterocycles. The van der Waals surface area contributed by atoms with Crippen molar-refractivity contribution in [2.75, 3.05) is 39.9 Å². The molecule has 0 aliphatic heterocycles. The monoisotopic (exact) mass is 622 g/mol. The molecule has 7 atom stereocenters. The molecule has 7 unspecified atom stereocenters. The minimum absolute atomic E-state index is 0.00573. The highest BCUT2D eigenvalue weighted by Gasteiger charge is 2.71. The zero-order valence-electron chi connectivity index (χ0n) is 27.9. The first kappa shape index (κ1) is 35.7. The van der Waals surface area contributed by atoms with Gasteiger partial charge in [0.1, 0.15) is 6.29 Å². The van der Waals surface area contributed by atoms with Crippen molar-refractivity contribution in [3.05, 3.63) is 70.9 Å². The standard InChI is InChI=1S/C38H58N2O5/c1-5-40-23-28(3)11-6-9-27(2)10-7-12-30(24-42)32-15-19-38(35(32)44)34-29(16-22-41)14-18-36(26-37(38,45)20-21-39-4)17-8-13-31(25-43)33(34)36/h7,10-12,14,18,25,29,32,34-35,39-42,44-45H,2,5-6,8-9,13,15-17,19-24,26H2,1,3-4H3. The van der Waals surface area contributed by atoms with Gasteiger partial charge in [-0.1, -0.05) is 61.1 Å². The van der Waals surface area contributed by atoms with E-state index in [0.29, 0.717) is 45.1 Å². The number of aldehydes is 1. The Balaban J connectivity index is 1.67. The normalized spacial score (nSPS) is 35.0. The Morgan fingerprint density at radius 3 is 2.73 bits per heavy atom. The van der Waals surface area contributed by atoms with Gasteiger partial charge in [0.05, 0.1) is 18.3 Å². The molecule has 1 spiro atoms. The van der Waals surface area contributed by atoms with E-state index in [2.05, 4.69) is 49.3 Å². The lowest BCUT2D eigenvalue weighted by molar-refractivity contribution is -0.207. The lowest BCUT2D eigenvalue weighted by Crippen LogP contribution is -2.67. The van der Waals surface area contributed by atoms with Crippen LogP contribution in [-0.4, -0.2) is 78.3 Å². The molecule has 250 valence electrons. The van der Waals surface area contributed by atoms with E-state index in [1.807, 2.05) is 25.3 Å². The van der Waals surface area contributed by atoms with E-state index < -0.39 is 22.5 Å². The summed E-state index contributed by atoms with van der Waals surface area (Å²) >= 11 is 0. The number of aliphatic hydroxyl groups is 4. The van der Waals surface area contributed by atoms with E-state index >= 15 is 0 Å². The molecule has 4 aliphatic rings. The molecule has 4 aliphatic carbocycles. The zero-order valence-corrected chi connectivity index (χ0v) is 27.9. The number of rotatable bonds is 16. The fourth-order valence-electron chi connectivity index (χ4n) is 9.42. The van der Waals surface area contributed by atoms with E-state index in [4.69, 9.17) is 0 Å². The second-order valence-electron chi connectivity index (χ2n) is 14.1. The molecule has 4 rings (SSSR count). The molecule has 2 saturated carbocycles. The number of nitrogens with one attached hydrogen (secondary N) is 2. The fourth-order valence-corrected chi connectivity index (χ4v) is 9.42. The fraction of sp³-hybridized carbons (Fsp3) is 0.658. The van der Waals surface area contributed by atoms with Gasteiger partial charge in [-0.15, -0.1) is 0 Å². The van der Waals surface area contributed by atoms with Gasteiger partial charge >= 0.3 is 0 Å². The third-order valence-corrected chi connectivity index (χ3v) is 11.5. The minimum Gasteiger partial charge on any atom is -0.396 e. The average molecular weight is 623 g/mol. The van der Waals surface area contributed by atoms with Crippen LogP contribution in [0.5, 0.6) is 0 Å². The third kappa shape index (κ3) is 6.95. The van der Waals surface area contributed by atoms with Crippen LogP contribution >= 0.6 is 0 Å². The smallest absolute Gasteiger partial charge is 0.146 e. The molecule has 6 N–H and O–H groups in total. The zero-order chi connectivity index (χ0) is 32.7. The number of carbonyl (C=O) groups is 1. The Bertz CT molecular complexity index is 1220. The van der Waals surface area contributed by atoms with E-state index in [0.717, 1.165) is 67.4 Å². The molecule has 0 aromatic rings. The van der Waals surface area contributed by atoms with E-state index in [1.54, 1.807) is 0 Å². The van der Waals surface area contributed by atoms with Crippen molar-refractivity contribution in [2.45, 2.75) is 89.8 Å². The first-order valence-corrected chi connectivity index (χ1v) is 17.2. The number of likely N-dealkylation sites (N-methyl/N-ethyl adjacent to an activating group) is 1. The van der Waals surface area contributed by atoms with Crippen molar-refractivity contribution in [2.24, 2.45) is 28.6 Å². The van der Waals surface area contributed by atoms with E-state index in [9.17, 15) is 25.2 Å². The van der Waals surface area contributed by atoms with Gasteiger partial charge in [-0.3, -0.25) is 4.79 Å². The van der Waals surface area contributed by atoms with Gasteiger partial charge in [-0.25, -0.2) is 0 Å². The van der Waals surface area contributed by atoms with Crippen LogP contribution in [0.4, 0.5) is 0 Å². The summed E-state index contributed by atoms with van der Waals surface area (Å²) in [6, 6.07) is 0. The number of hydrogen-bond donors (Lipinski definition) is 6. The van der Waals surface area contributed by atoms with Crippen LogP contribution in [0.15, 0.2) is 70.9 Å². The Labute approximate surface area is 271 Å². The molecule has 7 heteroatoms. The summed E-state index contributed by atoms with van der Waals surface area (Å²) in [7, 11) is 1.88. The predicted octanol–water partition coefficient (Wildman–Crippen LogP) is 4.71. The van der Waals surface area contributed by atoms with Crippen molar-refractivity contribution >= 4 is 6.29 Å². The maximum absolute atomic E-state index is 12.9. The third-order valence-electron chi connectivity index (χ3n) is 11.5. The molecule has 0 radical (unpaired) electrons. The summed E-state index contributed by atoms with van der Waals surface area (Å²) in [5.41, 5.74) is 2.46. The Morgan fingerprint density at radius 2 is 2.04 bits per heavy atom. The number of hydrogen-bond acceptors (Lipinski definition) is 7. The van der Waals surface area contributed by atoms with Crippen LogP contribution < -0.4 is 10.6 Å². The molecule has 45 heavy (non-hydrogen) atoms. The lowest BCUT2D eigenvalue weighted by Gasteiger charge is -2.66. The van der Waals surface area contributed by atoms with Crippen molar-refractivity contribution in [3.63, 3.8) is 0 Å². The van der Waals surface area contributed by atoms with Gasteiger partial charge in [0.15, 0.2) is 0 Å². The number of aliphatic hydroxyl groups excluding tert-OH is 3. The van der Waals surface area contributed by atoms with Crippen LogP contribution in [0.3, 0.4) is 0 Å². The Kier molecular flexibility index (Phi) is 12.4.